The van der Waals surface area contributed by atoms with Crippen molar-refractivity contribution < 1.29 is 9.53 Å². The first-order valence-electron chi connectivity index (χ1n) is 5.65. The molecule has 5 heteroatoms. The van der Waals surface area contributed by atoms with Gasteiger partial charge in [-0.25, -0.2) is 4.79 Å². The van der Waals surface area contributed by atoms with Gasteiger partial charge in [0.1, 0.15) is 6.61 Å². The van der Waals surface area contributed by atoms with Crippen LogP contribution in [-0.4, -0.2) is 24.8 Å². The molecule has 0 aromatic carbocycles. The van der Waals surface area contributed by atoms with Gasteiger partial charge in [-0.2, -0.15) is 0 Å². The van der Waals surface area contributed by atoms with E-state index in [0.29, 0.717) is 13.2 Å². The van der Waals surface area contributed by atoms with Crippen LogP contribution in [0.1, 0.15) is 25.6 Å². The first-order chi connectivity index (χ1) is 7.97. The molecule has 0 radical (unpaired) electrons. The topological polar surface area (TPSA) is 50.4 Å². The standard InChI is InChI=1S/C12H20N2O2S/c1-12(2,3)14-11(15)16-7-6-13-9-10-5-4-8-17-10/h4-5,8,13H,6-7,9H2,1-3H3,(H,14,15). The van der Waals surface area contributed by atoms with Crippen LogP contribution in [0.25, 0.3) is 0 Å². The van der Waals surface area contributed by atoms with Crippen LogP contribution in [0, 0.1) is 0 Å². The fraction of sp³-hybridized carbons (Fsp3) is 0.583. The van der Waals surface area contributed by atoms with Gasteiger partial charge in [-0.1, -0.05) is 6.07 Å². The second-order valence-corrected chi connectivity index (χ2v) is 5.80. The van der Waals surface area contributed by atoms with Crippen LogP contribution in [0.2, 0.25) is 0 Å². The SMILES string of the molecule is CC(C)(C)NC(=O)OCCNCc1cccs1. The zero-order valence-corrected chi connectivity index (χ0v) is 11.4. The lowest BCUT2D eigenvalue weighted by Gasteiger charge is -2.19. The highest BCUT2D eigenvalue weighted by atomic mass is 32.1. The third-order valence-corrected chi connectivity index (χ3v) is 2.74. The van der Waals surface area contributed by atoms with Crippen molar-refractivity contribution in [2.24, 2.45) is 0 Å². The maximum absolute atomic E-state index is 11.3. The molecule has 0 aliphatic rings. The number of ether oxygens (including phenoxy) is 1. The van der Waals surface area contributed by atoms with Crippen LogP contribution in [0.5, 0.6) is 0 Å². The number of thiophene rings is 1. The predicted molar refractivity (Wildman–Crippen MR) is 70.3 cm³/mol. The van der Waals surface area contributed by atoms with E-state index >= 15 is 0 Å². The molecular weight excluding hydrogens is 236 g/mol. The number of rotatable bonds is 5. The van der Waals surface area contributed by atoms with E-state index < -0.39 is 0 Å². The summed E-state index contributed by atoms with van der Waals surface area (Å²) in [5.74, 6) is 0. The Labute approximate surface area is 106 Å². The molecule has 0 atom stereocenters. The van der Waals surface area contributed by atoms with Gasteiger partial charge >= 0.3 is 6.09 Å². The predicted octanol–water partition coefficient (Wildman–Crippen LogP) is 2.36. The summed E-state index contributed by atoms with van der Waals surface area (Å²) in [4.78, 5) is 12.6. The minimum atomic E-state index is -0.365. The van der Waals surface area contributed by atoms with Crippen LogP contribution in [0.3, 0.4) is 0 Å². The van der Waals surface area contributed by atoms with Gasteiger partial charge in [-0.3, -0.25) is 0 Å². The summed E-state index contributed by atoms with van der Waals surface area (Å²) in [5, 5.41) is 7.99. The van der Waals surface area contributed by atoms with E-state index in [0.717, 1.165) is 6.54 Å². The van der Waals surface area contributed by atoms with Gasteiger partial charge < -0.3 is 15.4 Å². The van der Waals surface area contributed by atoms with Gasteiger partial charge in [-0.05, 0) is 32.2 Å². The van der Waals surface area contributed by atoms with E-state index in [1.807, 2.05) is 32.2 Å². The fourth-order valence-electron chi connectivity index (χ4n) is 1.18. The largest absolute Gasteiger partial charge is 0.448 e. The second kappa shape index (κ2) is 6.61. The second-order valence-electron chi connectivity index (χ2n) is 4.77. The Morgan fingerprint density at radius 1 is 1.47 bits per heavy atom. The van der Waals surface area contributed by atoms with E-state index in [1.54, 1.807) is 11.3 Å². The molecule has 1 rings (SSSR count). The van der Waals surface area contributed by atoms with Crippen molar-refractivity contribution in [1.82, 2.24) is 10.6 Å². The van der Waals surface area contributed by atoms with Gasteiger partial charge in [0.05, 0.1) is 0 Å². The summed E-state index contributed by atoms with van der Waals surface area (Å²) in [7, 11) is 0. The lowest BCUT2D eigenvalue weighted by Crippen LogP contribution is -2.41. The van der Waals surface area contributed by atoms with E-state index in [1.165, 1.54) is 4.88 Å². The smallest absolute Gasteiger partial charge is 0.407 e. The zero-order valence-electron chi connectivity index (χ0n) is 10.6. The van der Waals surface area contributed by atoms with Crippen LogP contribution in [0.4, 0.5) is 4.79 Å². The molecule has 0 saturated heterocycles. The normalized spacial score (nSPS) is 11.2. The molecule has 0 fully saturated rings. The van der Waals surface area contributed by atoms with Crippen molar-refractivity contribution in [2.75, 3.05) is 13.2 Å². The first kappa shape index (κ1) is 14.0. The fourth-order valence-corrected chi connectivity index (χ4v) is 1.86. The van der Waals surface area contributed by atoms with Gasteiger partial charge in [0.2, 0.25) is 0 Å². The van der Waals surface area contributed by atoms with E-state index in [2.05, 4.69) is 16.7 Å². The Kier molecular flexibility index (Phi) is 5.44. The quantitative estimate of drug-likeness (QED) is 0.795. The van der Waals surface area contributed by atoms with Crippen molar-refractivity contribution >= 4 is 17.4 Å². The lowest BCUT2D eigenvalue weighted by molar-refractivity contribution is 0.138. The van der Waals surface area contributed by atoms with Gasteiger partial charge in [0, 0.05) is 23.5 Å². The van der Waals surface area contributed by atoms with Crippen LogP contribution in [0.15, 0.2) is 17.5 Å². The number of alkyl carbamates (subject to hydrolysis) is 1. The monoisotopic (exact) mass is 256 g/mol. The van der Waals surface area contributed by atoms with Crippen molar-refractivity contribution in [3.05, 3.63) is 22.4 Å². The molecule has 96 valence electrons. The Morgan fingerprint density at radius 2 is 2.24 bits per heavy atom. The van der Waals surface area contributed by atoms with Gasteiger partial charge in [-0.15, -0.1) is 11.3 Å². The Balaban J connectivity index is 2.02. The van der Waals surface area contributed by atoms with Gasteiger partial charge in [0.15, 0.2) is 0 Å². The average molecular weight is 256 g/mol. The molecule has 1 amide bonds. The molecule has 1 heterocycles. The first-order valence-corrected chi connectivity index (χ1v) is 6.53. The minimum absolute atomic E-state index is 0.249. The lowest BCUT2D eigenvalue weighted by atomic mass is 10.1. The summed E-state index contributed by atoms with van der Waals surface area (Å²) in [6, 6.07) is 4.10. The highest BCUT2D eigenvalue weighted by Crippen LogP contribution is 2.06. The molecular formula is C12H20N2O2S. The van der Waals surface area contributed by atoms with Crippen molar-refractivity contribution in [3.63, 3.8) is 0 Å². The van der Waals surface area contributed by atoms with Crippen LogP contribution >= 0.6 is 11.3 Å². The third-order valence-electron chi connectivity index (χ3n) is 1.87. The van der Waals surface area contributed by atoms with E-state index in [9.17, 15) is 4.79 Å². The maximum atomic E-state index is 11.3. The molecule has 0 aliphatic carbocycles. The molecule has 1 aromatic rings. The van der Waals surface area contributed by atoms with E-state index in [4.69, 9.17) is 4.74 Å². The molecule has 0 bridgehead atoms. The number of nitrogens with one attached hydrogen (secondary N) is 2. The molecule has 0 unspecified atom stereocenters. The summed E-state index contributed by atoms with van der Waals surface area (Å²) in [6.45, 7) is 7.63. The van der Waals surface area contributed by atoms with Crippen LogP contribution in [-0.2, 0) is 11.3 Å². The Morgan fingerprint density at radius 3 is 2.82 bits per heavy atom. The Bertz CT molecular complexity index is 331. The molecule has 1 aromatic heterocycles. The molecule has 0 spiro atoms. The molecule has 2 N–H and O–H groups in total. The van der Waals surface area contributed by atoms with Gasteiger partial charge in [0.25, 0.3) is 0 Å². The number of hydrogen-bond acceptors (Lipinski definition) is 4. The molecule has 0 saturated carbocycles. The summed E-state index contributed by atoms with van der Waals surface area (Å²) in [6.07, 6.45) is -0.365. The Hall–Kier alpha value is -1.07. The van der Waals surface area contributed by atoms with Crippen LogP contribution < -0.4 is 10.6 Å². The zero-order chi connectivity index (χ0) is 12.7. The number of carbonyl (C=O) groups is 1. The molecule has 17 heavy (non-hydrogen) atoms. The summed E-state index contributed by atoms with van der Waals surface area (Å²) < 4.78 is 5.03. The summed E-state index contributed by atoms with van der Waals surface area (Å²) in [5.41, 5.74) is -0.249. The minimum Gasteiger partial charge on any atom is -0.448 e. The number of amides is 1. The third kappa shape index (κ3) is 6.97. The summed E-state index contributed by atoms with van der Waals surface area (Å²) >= 11 is 1.71. The average Bonchev–Trinajstić information content (AvgIpc) is 2.67. The number of hydrogen-bond donors (Lipinski definition) is 2. The molecule has 4 nitrogen and oxygen atoms in total. The molecule has 0 aliphatic heterocycles. The van der Waals surface area contributed by atoms with Crippen molar-refractivity contribution in [1.29, 1.82) is 0 Å². The number of carbonyl (C=O) groups excluding carboxylic acids is 1. The van der Waals surface area contributed by atoms with Crippen molar-refractivity contribution in [3.8, 4) is 0 Å². The highest BCUT2D eigenvalue weighted by molar-refractivity contribution is 7.09. The van der Waals surface area contributed by atoms with E-state index in [-0.39, 0.29) is 11.6 Å². The van der Waals surface area contributed by atoms with Crippen molar-refractivity contribution in [2.45, 2.75) is 32.9 Å². The highest BCUT2D eigenvalue weighted by Gasteiger charge is 2.13. The maximum Gasteiger partial charge on any atom is 0.407 e.